The number of aryl methyl sites for hydroxylation is 1. The number of nitrogens with zero attached hydrogens (tertiary/aromatic N) is 1. The zero-order chi connectivity index (χ0) is 24.1. The van der Waals surface area contributed by atoms with Gasteiger partial charge in [0.05, 0.1) is 7.11 Å². The summed E-state index contributed by atoms with van der Waals surface area (Å²) in [6.45, 7) is 11.0. The summed E-state index contributed by atoms with van der Waals surface area (Å²) in [5.74, 6) is 4.26. The Bertz CT molecular complexity index is 735. The summed E-state index contributed by atoms with van der Waals surface area (Å²) in [6.07, 6.45) is 15.5. The normalized spacial score (nSPS) is 24.5. The molecule has 1 heterocycles. The van der Waals surface area contributed by atoms with Crippen molar-refractivity contribution in [2.24, 2.45) is 17.8 Å². The Morgan fingerprint density at radius 2 is 1.30 bits per heavy atom. The molecule has 1 aromatic carbocycles. The second-order valence-electron chi connectivity index (χ2n) is 10.1. The highest BCUT2D eigenvalue weighted by atomic mass is 16.5. The van der Waals surface area contributed by atoms with Crippen LogP contribution in [0.4, 0.5) is 0 Å². The maximum absolute atomic E-state index is 5.06. The molecule has 0 spiro atoms. The number of methoxy groups -OCH3 is 1. The van der Waals surface area contributed by atoms with Gasteiger partial charge >= 0.3 is 0 Å². The maximum Gasteiger partial charge on any atom is 0.212 e. The van der Waals surface area contributed by atoms with Crippen molar-refractivity contribution in [3.05, 3.63) is 59.3 Å². The summed E-state index contributed by atoms with van der Waals surface area (Å²) < 4.78 is 5.06. The van der Waals surface area contributed by atoms with E-state index in [0.29, 0.717) is 5.88 Å². The maximum atomic E-state index is 5.06. The molecular weight excluding hydrogens is 402 g/mol. The van der Waals surface area contributed by atoms with Crippen LogP contribution in [0.25, 0.3) is 0 Å². The van der Waals surface area contributed by atoms with E-state index in [2.05, 4.69) is 56.1 Å². The molecule has 0 saturated heterocycles. The SMILES string of the molecule is CC.CCc1ccc(CC2CCC(C)CC2)cc1.COc1ccc(C2CCC(C)CC2)cn1. The quantitative estimate of drug-likeness (QED) is 0.452. The first-order chi connectivity index (χ1) is 16.1. The summed E-state index contributed by atoms with van der Waals surface area (Å²) >= 11 is 0. The van der Waals surface area contributed by atoms with Gasteiger partial charge < -0.3 is 4.74 Å². The Labute approximate surface area is 204 Å². The molecule has 0 amide bonds. The summed E-state index contributed by atoms with van der Waals surface area (Å²) in [7, 11) is 1.66. The Morgan fingerprint density at radius 1 is 0.758 bits per heavy atom. The van der Waals surface area contributed by atoms with Gasteiger partial charge in [-0.1, -0.05) is 90.6 Å². The second-order valence-corrected chi connectivity index (χ2v) is 10.1. The molecule has 184 valence electrons. The highest BCUT2D eigenvalue weighted by Gasteiger charge is 2.20. The van der Waals surface area contributed by atoms with Crippen molar-refractivity contribution < 1.29 is 4.74 Å². The first kappa shape index (κ1) is 27.4. The number of rotatable bonds is 5. The first-order valence-electron chi connectivity index (χ1n) is 13.6. The fourth-order valence-corrected chi connectivity index (χ4v) is 5.13. The Kier molecular flexibility index (Phi) is 12.6. The van der Waals surface area contributed by atoms with Crippen molar-refractivity contribution in [3.8, 4) is 5.88 Å². The molecule has 2 nitrogen and oxygen atoms in total. The van der Waals surface area contributed by atoms with Crippen LogP contribution in [-0.4, -0.2) is 12.1 Å². The number of ether oxygens (including phenoxy) is 1. The van der Waals surface area contributed by atoms with Gasteiger partial charge in [-0.15, -0.1) is 0 Å². The van der Waals surface area contributed by atoms with Gasteiger partial charge in [0.15, 0.2) is 0 Å². The van der Waals surface area contributed by atoms with Crippen LogP contribution in [0.5, 0.6) is 5.88 Å². The zero-order valence-corrected chi connectivity index (χ0v) is 22.3. The molecule has 0 N–H and O–H groups in total. The number of aromatic nitrogens is 1. The molecule has 0 unspecified atom stereocenters. The van der Waals surface area contributed by atoms with E-state index < -0.39 is 0 Å². The zero-order valence-electron chi connectivity index (χ0n) is 22.3. The van der Waals surface area contributed by atoms with Gasteiger partial charge in [0.2, 0.25) is 5.88 Å². The van der Waals surface area contributed by atoms with Crippen molar-refractivity contribution in [2.75, 3.05) is 7.11 Å². The van der Waals surface area contributed by atoms with Crippen LogP contribution in [0.2, 0.25) is 0 Å². The number of pyridine rings is 1. The molecule has 0 atom stereocenters. The monoisotopic (exact) mass is 451 g/mol. The Hall–Kier alpha value is -1.83. The van der Waals surface area contributed by atoms with Gasteiger partial charge in [0.1, 0.15) is 0 Å². The van der Waals surface area contributed by atoms with Crippen molar-refractivity contribution in [1.29, 1.82) is 0 Å². The standard InChI is InChI=1S/C16H24.C13H19NO.C2H6/c1-3-14-8-10-16(11-9-14)12-15-6-4-13(2)5-7-15;1-10-3-5-11(6-4-10)12-7-8-13(15-2)14-9-12;1-2/h8-11,13,15H,3-7,12H2,1-2H3;7-11H,3-6H2,1-2H3;1-2H3. The topological polar surface area (TPSA) is 22.1 Å². The molecule has 1 aromatic heterocycles. The minimum Gasteiger partial charge on any atom is -0.481 e. The second kappa shape index (κ2) is 15.1. The van der Waals surface area contributed by atoms with Crippen LogP contribution in [0.15, 0.2) is 42.6 Å². The largest absolute Gasteiger partial charge is 0.481 e. The van der Waals surface area contributed by atoms with Crippen LogP contribution < -0.4 is 4.74 Å². The fraction of sp³-hybridized carbons (Fsp3) is 0.645. The van der Waals surface area contributed by atoms with Crippen LogP contribution in [-0.2, 0) is 12.8 Å². The minimum atomic E-state index is 0.711. The average molecular weight is 452 g/mol. The smallest absolute Gasteiger partial charge is 0.212 e. The van der Waals surface area contributed by atoms with E-state index in [-0.39, 0.29) is 0 Å². The van der Waals surface area contributed by atoms with E-state index in [0.717, 1.165) is 30.1 Å². The Morgan fingerprint density at radius 3 is 1.79 bits per heavy atom. The average Bonchev–Trinajstić information content (AvgIpc) is 2.88. The highest BCUT2D eigenvalue weighted by Crippen LogP contribution is 2.35. The molecule has 0 bridgehead atoms. The van der Waals surface area contributed by atoms with E-state index in [1.807, 2.05) is 26.1 Å². The van der Waals surface area contributed by atoms with Gasteiger partial charge in [0.25, 0.3) is 0 Å². The van der Waals surface area contributed by atoms with Gasteiger partial charge in [-0.3, -0.25) is 0 Å². The van der Waals surface area contributed by atoms with Gasteiger partial charge in [-0.25, -0.2) is 4.98 Å². The molecule has 2 heteroatoms. The fourth-order valence-electron chi connectivity index (χ4n) is 5.13. The summed E-state index contributed by atoms with van der Waals surface area (Å²) in [5, 5.41) is 0. The lowest BCUT2D eigenvalue weighted by atomic mass is 9.80. The van der Waals surface area contributed by atoms with Gasteiger partial charge in [-0.05, 0) is 78.9 Å². The molecule has 2 saturated carbocycles. The van der Waals surface area contributed by atoms with E-state index in [4.69, 9.17) is 4.74 Å². The van der Waals surface area contributed by atoms with Crippen LogP contribution >= 0.6 is 0 Å². The van der Waals surface area contributed by atoms with E-state index >= 15 is 0 Å². The van der Waals surface area contributed by atoms with Crippen molar-refractivity contribution in [1.82, 2.24) is 4.98 Å². The molecule has 0 radical (unpaired) electrons. The van der Waals surface area contributed by atoms with Crippen LogP contribution in [0.3, 0.4) is 0 Å². The summed E-state index contributed by atoms with van der Waals surface area (Å²) in [6, 6.07) is 13.4. The highest BCUT2D eigenvalue weighted by molar-refractivity contribution is 5.23. The number of hydrogen-bond acceptors (Lipinski definition) is 2. The first-order valence-corrected chi connectivity index (χ1v) is 13.6. The third kappa shape index (κ3) is 9.51. The van der Waals surface area contributed by atoms with Crippen LogP contribution in [0.1, 0.15) is 109 Å². The van der Waals surface area contributed by atoms with E-state index in [9.17, 15) is 0 Å². The van der Waals surface area contributed by atoms with Gasteiger partial charge in [-0.2, -0.15) is 0 Å². The third-order valence-electron chi connectivity index (χ3n) is 7.55. The predicted octanol–water partition coefficient (Wildman–Crippen LogP) is 9.03. The van der Waals surface area contributed by atoms with E-state index in [1.165, 1.54) is 74.5 Å². The van der Waals surface area contributed by atoms with E-state index in [1.54, 1.807) is 7.11 Å². The minimum absolute atomic E-state index is 0.711. The van der Waals surface area contributed by atoms with Gasteiger partial charge in [0, 0.05) is 12.3 Å². The molecule has 33 heavy (non-hydrogen) atoms. The molecule has 4 rings (SSSR count). The van der Waals surface area contributed by atoms with Crippen molar-refractivity contribution >= 4 is 0 Å². The summed E-state index contributed by atoms with van der Waals surface area (Å²) in [4.78, 5) is 4.27. The molecular formula is C31H49NO. The molecule has 2 fully saturated rings. The van der Waals surface area contributed by atoms with Crippen molar-refractivity contribution in [2.45, 2.75) is 105 Å². The Balaban J connectivity index is 0.000000218. The molecule has 2 aliphatic carbocycles. The molecule has 2 aliphatic rings. The number of hydrogen-bond donors (Lipinski definition) is 0. The molecule has 2 aromatic rings. The van der Waals surface area contributed by atoms with Crippen molar-refractivity contribution in [3.63, 3.8) is 0 Å². The third-order valence-corrected chi connectivity index (χ3v) is 7.55. The lowest BCUT2D eigenvalue weighted by Gasteiger charge is -2.26. The molecule has 0 aliphatic heterocycles. The lowest BCUT2D eigenvalue weighted by Crippen LogP contribution is -2.14. The lowest BCUT2D eigenvalue weighted by molar-refractivity contribution is 0.289. The number of benzene rings is 1. The van der Waals surface area contributed by atoms with Crippen LogP contribution in [0, 0.1) is 17.8 Å². The summed E-state index contributed by atoms with van der Waals surface area (Å²) in [5.41, 5.74) is 4.38. The predicted molar refractivity (Wildman–Crippen MR) is 143 cm³/mol.